The quantitative estimate of drug-likeness (QED) is 0.808. The molecule has 0 fully saturated rings. The first kappa shape index (κ1) is 13.9. The van der Waals surface area contributed by atoms with E-state index in [9.17, 15) is 4.79 Å². The summed E-state index contributed by atoms with van der Waals surface area (Å²) in [6, 6.07) is 17.6. The Kier molecular flexibility index (Phi) is 4.56. The fraction of sp³-hybridized carbons (Fsp3) is 0.118. The van der Waals surface area contributed by atoms with Gasteiger partial charge >= 0.3 is 0 Å². The smallest absolute Gasteiger partial charge is 0.248 e. The van der Waals surface area contributed by atoms with Gasteiger partial charge in [0.1, 0.15) is 0 Å². The fourth-order valence-corrected chi connectivity index (χ4v) is 1.77. The molecule has 20 heavy (non-hydrogen) atoms. The Morgan fingerprint density at radius 3 is 2.00 bits per heavy atom. The van der Waals surface area contributed by atoms with Crippen molar-refractivity contribution in [1.29, 1.82) is 0 Å². The summed E-state index contributed by atoms with van der Waals surface area (Å²) in [5, 5.41) is 6.11. The molecule has 2 aromatic carbocycles. The van der Waals surface area contributed by atoms with Crippen molar-refractivity contribution in [3.8, 4) is 0 Å². The second-order valence-corrected chi connectivity index (χ2v) is 4.78. The van der Waals surface area contributed by atoms with Gasteiger partial charge < -0.3 is 10.6 Å². The zero-order chi connectivity index (χ0) is 14.4. The molecular weight excluding hydrogens is 248 g/mol. The van der Waals surface area contributed by atoms with E-state index in [0.717, 1.165) is 22.6 Å². The Balaban J connectivity index is 2.00. The molecule has 0 aliphatic rings. The second-order valence-electron chi connectivity index (χ2n) is 4.78. The molecule has 3 heteroatoms. The van der Waals surface area contributed by atoms with Gasteiger partial charge in [0, 0.05) is 23.1 Å². The van der Waals surface area contributed by atoms with Crippen molar-refractivity contribution >= 4 is 23.0 Å². The summed E-state index contributed by atoms with van der Waals surface area (Å²) in [6.45, 7) is 3.79. The van der Waals surface area contributed by atoms with Crippen LogP contribution in [0.3, 0.4) is 0 Å². The monoisotopic (exact) mass is 266 g/mol. The van der Waals surface area contributed by atoms with Gasteiger partial charge in [-0.25, -0.2) is 0 Å². The highest BCUT2D eigenvalue weighted by molar-refractivity contribution is 5.99. The van der Waals surface area contributed by atoms with E-state index in [1.54, 1.807) is 6.08 Å². The highest BCUT2D eigenvalue weighted by Crippen LogP contribution is 2.18. The Morgan fingerprint density at radius 1 is 0.850 bits per heavy atom. The van der Waals surface area contributed by atoms with Crippen LogP contribution in [0, 0.1) is 0 Å². The van der Waals surface area contributed by atoms with Crippen LogP contribution in [0.15, 0.2) is 66.2 Å². The van der Waals surface area contributed by atoms with Crippen LogP contribution in [-0.2, 0) is 4.79 Å². The van der Waals surface area contributed by atoms with Gasteiger partial charge in [0.05, 0.1) is 0 Å². The number of para-hydroxylation sites is 1. The predicted octanol–water partition coefficient (Wildman–Crippen LogP) is 4.33. The molecular formula is C17H18N2O. The van der Waals surface area contributed by atoms with Crippen LogP contribution in [0.5, 0.6) is 0 Å². The lowest BCUT2D eigenvalue weighted by molar-refractivity contribution is -0.111. The highest BCUT2D eigenvalue weighted by Gasteiger charge is 1.99. The SMILES string of the molecule is CC(C)=CC(=O)Nc1ccc(Nc2ccccc2)cc1. The van der Waals surface area contributed by atoms with Crippen LogP contribution in [0.1, 0.15) is 13.8 Å². The van der Waals surface area contributed by atoms with E-state index in [0.29, 0.717) is 0 Å². The molecule has 0 saturated heterocycles. The lowest BCUT2D eigenvalue weighted by atomic mass is 10.2. The van der Waals surface area contributed by atoms with Gasteiger partial charge in [-0.3, -0.25) is 4.79 Å². The first-order valence-corrected chi connectivity index (χ1v) is 6.51. The van der Waals surface area contributed by atoms with Crippen molar-refractivity contribution in [3.63, 3.8) is 0 Å². The van der Waals surface area contributed by atoms with E-state index in [1.165, 1.54) is 0 Å². The zero-order valence-corrected chi connectivity index (χ0v) is 11.7. The summed E-state index contributed by atoms with van der Waals surface area (Å²) in [4.78, 5) is 11.6. The third-order valence-electron chi connectivity index (χ3n) is 2.63. The number of carbonyl (C=O) groups is 1. The molecule has 0 spiro atoms. The molecule has 2 rings (SSSR count). The lowest BCUT2D eigenvalue weighted by Crippen LogP contribution is -2.08. The first-order chi connectivity index (χ1) is 9.63. The number of hydrogen-bond donors (Lipinski definition) is 2. The predicted molar refractivity (Wildman–Crippen MR) is 84.2 cm³/mol. The fourth-order valence-electron chi connectivity index (χ4n) is 1.77. The Labute approximate surface area is 119 Å². The molecule has 102 valence electrons. The summed E-state index contributed by atoms with van der Waals surface area (Å²) in [7, 11) is 0. The van der Waals surface area contributed by atoms with Crippen LogP contribution in [-0.4, -0.2) is 5.91 Å². The maximum absolute atomic E-state index is 11.6. The molecule has 2 N–H and O–H groups in total. The van der Waals surface area contributed by atoms with Crippen molar-refractivity contribution in [2.75, 3.05) is 10.6 Å². The molecule has 0 radical (unpaired) electrons. The number of rotatable bonds is 4. The molecule has 2 aromatic rings. The third kappa shape index (κ3) is 4.28. The van der Waals surface area contributed by atoms with Gasteiger partial charge in [-0.2, -0.15) is 0 Å². The van der Waals surface area contributed by atoms with Crippen LogP contribution in [0.4, 0.5) is 17.1 Å². The number of anilines is 3. The molecule has 0 saturated carbocycles. The lowest BCUT2D eigenvalue weighted by Gasteiger charge is -2.08. The van der Waals surface area contributed by atoms with Gasteiger partial charge in [0.15, 0.2) is 0 Å². The number of allylic oxidation sites excluding steroid dienone is 1. The molecule has 0 aliphatic carbocycles. The number of amides is 1. The van der Waals surface area contributed by atoms with E-state index in [-0.39, 0.29) is 5.91 Å². The van der Waals surface area contributed by atoms with Crippen molar-refractivity contribution in [2.24, 2.45) is 0 Å². The van der Waals surface area contributed by atoms with Gasteiger partial charge in [-0.05, 0) is 50.2 Å². The van der Waals surface area contributed by atoms with Crippen LogP contribution in [0.25, 0.3) is 0 Å². The molecule has 0 heterocycles. The highest BCUT2D eigenvalue weighted by atomic mass is 16.1. The second kappa shape index (κ2) is 6.57. The Bertz CT molecular complexity index is 597. The van der Waals surface area contributed by atoms with Crippen molar-refractivity contribution in [2.45, 2.75) is 13.8 Å². The molecule has 0 unspecified atom stereocenters. The summed E-state index contributed by atoms with van der Waals surface area (Å²) < 4.78 is 0. The van der Waals surface area contributed by atoms with Crippen molar-refractivity contribution in [1.82, 2.24) is 0 Å². The average molecular weight is 266 g/mol. The molecule has 0 aromatic heterocycles. The topological polar surface area (TPSA) is 41.1 Å². The third-order valence-corrected chi connectivity index (χ3v) is 2.63. The summed E-state index contributed by atoms with van der Waals surface area (Å²) in [5.74, 6) is -0.103. The van der Waals surface area contributed by atoms with E-state index >= 15 is 0 Å². The normalized spacial score (nSPS) is 9.70. The van der Waals surface area contributed by atoms with E-state index in [4.69, 9.17) is 0 Å². The first-order valence-electron chi connectivity index (χ1n) is 6.51. The summed E-state index contributed by atoms with van der Waals surface area (Å²) in [6.07, 6.45) is 1.58. The largest absolute Gasteiger partial charge is 0.356 e. The van der Waals surface area contributed by atoms with Gasteiger partial charge in [0.2, 0.25) is 5.91 Å². The van der Waals surface area contributed by atoms with E-state index < -0.39 is 0 Å². The minimum atomic E-state index is -0.103. The number of benzene rings is 2. The minimum Gasteiger partial charge on any atom is -0.356 e. The zero-order valence-electron chi connectivity index (χ0n) is 11.7. The van der Waals surface area contributed by atoms with Crippen molar-refractivity contribution in [3.05, 3.63) is 66.2 Å². The number of hydrogen-bond acceptors (Lipinski definition) is 2. The summed E-state index contributed by atoms with van der Waals surface area (Å²) in [5.41, 5.74) is 3.78. The van der Waals surface area contributed by atoms with Crippen LogP contribution >= 0.6 is 0 Å². The number of carbonyl (C=O) groups excluding carboxylic acids is 1. The van der Waals surface area contributed by atoms with E-state index in [2.05, 4.69) is 10.6 Å². The minimum absolute atomic E-state index is 0.103. The van der Waals surface area contributed by atoms with Crippen molar-refractivity contribution < 1.29 is 4.79 Å². The van der Waals surface area contributed by atoms with Crippen LogP contribution < -0.4 is 10.6 Å². The standard InChI is InChI=1S/C17H18N2O/c1-13(2)12-17(20)19-16-10-8-15(9-11-16)18-14-6-4-3-5-7-14/h3-12,18H,1-2H3,(H,19,20). The molecule has 0 bridgehead atoms. The molecule has 1 amide bonds. The van der Waals surface area contributed by atoms with Gasteiger partial charge in [-0.1, -0.05) is 23.8 Å². The molecule has 0 aliphatic heterocycles. The Morgan fingerprint density at radius 2 is 1.40 bits per heavy atom. The average Bonchev–Trinajstić information content (AvgIpc) is 2.41. The molecule has 3 nitrogen and oxygen atoms in total. The van der Waals surface area contributed by atoms with Crippen LogP contribution in [0.2, 0.25) is 0 Å². The van der Waals surface area contributed by atoms with Gasteiger partial charge in [0.25, 0.3) is 0 Å². The number of nitrogens with one attached hydrogen (secondary N) is 2. The van der Waals surface area contributed by atoms with E-state index in [1.807, 2.05) is 68.4 Å². The molecule has 0 atom stereocenters. The Hall–Kier alpha value is -2.55. The maximum atomic E-state index is 11.6. The summed E-state index contributed by atoms with van der Waals surface area (Å²) >= 11 is 0. The van der Waals surface area contributed by atoms with Gasteiger partial charge in [-0.15, -0.1) is 0 Å². The maximum Gasteiger partial charge on any atom is 0.248 e.